The number of likely N-dealkylation sites (N-methyl/N-ethyl adjacent to an activating group) is 1. The van der Waals surface area contributed by atoms with Crippen molar-refractivity contribution in [1.29, 1.82) is 0 Å². The Kier molecular flexibility index (Phi) is 6.92. The number of aliphatic imine (C=N–C) groups is 1. The summed E-state index contributed by atoms with van der Waals surface area (Å²) < 4.78 is 81.3. The molecule has 2 bridgehead atoms. The third-order valence-electron chi connectivity index (χ3n) is 7.76. The Morgan fingerprint density at radius 1 is 1.00 bits per heavy atom. The SMILES string of the molecule is CN1C[C@H]2CCC[C@@H](C1)N2C1=NC(=O)/C(=C/c2ccc3c(cnn3Cc3ccc(C(F)(F)F)cc3C(F)(F)F)c2)S1. The van der Waals surface area contributed by atoms with Gasteiger partial charge in [-0.2, -0.15) is 36.4 Å². The molecule has 0 saturated carbocycles. The molecule has 41 heavy (non-hydrogen) atoms. The normalized spacial score (nSPS) is 23.1. The third kappa shape index (κ3) is 5.49. The summed E-state index contributed by atoms with van der Waals surface area (Å²) in [5.41, 5.74) is -1.83. The van der Waals surface area contributed by atoms with Crippen LogP contribution in [0.2, 0.25) is 0 Å². The number of piperidine rings is 1. The molecule has 0 unspecified atom stereocenters. The second kappa shape index (κ2) is 10.2. The molecular formula is C28H25F6N5OS. The molecule has 13 heteroatoms. The first-order valence-electron chi connectivity index (χ1n) is 13.1. The molecule has 0 radical (unpaired) electrons. The van der Waals surface area contributed by atoms with Gasteiger partial charge in [0.1, 0.15) is 0 Å². The number of halogens is 6. The van der Waals surface area contributed by atoms with Gasteiger partial charge in [-0.15, -0.1) is 0 Å². The van der Waals surface area contributed by atoms with Crippen molar-refractivity contribution in [2.24, 2.45) is 4.99 Å². The predicted molar refractivity (Wildman–Crippen MR) is 144 cm³/mol. The van der Waals surface area contributed by atoms with Crippen molar-refractivity contribution in [2.45, 2.75) is 50.2 Å². The van der Waals surface area contributed by atoms with Gasteiger partial charge in [-0.25, -0.2) is 0 Å². The van der Waals surface area contributed by atoms with Gasteiger partial charge in [-0.1, -0.05) is 12.1 Å². The van der Waals surface area contributed by atoms with Gasteiger partial charge in [0.25, 0.3) is 5.91 Å². The van der Waals surface area contributed by atoms with Gasteiger partial charge in [0.2, 0.25) is 0 Å². The van der Waals surface area contributed by atoms with E-state index in [-0.39, 0.29) is 24.1 Å². The average molecular weight is 594 g/mol. The van der Waals surface area contributed by atoms with Crippen molar-refractivity contribution < 1.29 is 31.1 Å². The summed E-state index contributed by atoms with van der Waals surface area (Å²) in [6, 6.07) is 7.43. The van der Waals surface area contributed by atoms with Crippen LogP contribution in [0.4, 0.5) is 26.3 Å². The molecule has 2 aromatic carbocycles. The van der Waals surface area contributed by atoms with E-state index in [0.29, 0.717) is 39.5 Å². The number of fused-ring (bicyclic) bond motifs is 3. The standard InChI is InChI=1S/C28H25F6N5OS/c1-37-14-20-3-2-4-21(15-37)39(20)26-36-25(40)24(41-26)10-16-5-8-23-18(9-16)12-35-38(23)13-17-6-7-19(27(29,30)31)11-22(17)28(32,33)34/h5-12,20-21H,2-4,13-15H2,1H3/b24-10-/t20-,21+. The lowest BCUT2D eigenvalue weighted by Gasteiger charge is -2.49. The number of nitrogens with zero attached hydrogens (tertiary/aromatic N) is 5. The Morgan fingerprint density at radius 3 is 2.41 bits per heavy atom. The summed E-state index contributed by atoms with van der Waals surface area (Å²) in [6.45, 7) is 1.50. The van der Waals surface area contributed by atoms with Crippen LogP contribution in [0.3, 0.4) is 0 Å². The minimum atomic E-state index is -4.96. The molecule has 0 N–H and O–H groups in total. The molecule has 216 valence electrons. The average Bonchev–Trinajstić information content (AvgIpc) is 3.45. The molecule has 2 atom stereocenters. The van der Waals surface area contributed by atoms with Gasteiger partial charge >= 0.3 is 12.4 Å². The number of likely N-dealkylation sites (tertiary alicyclic amines) is 1. The molecule has 0 aliphatic carbocycles. The summed E-state index contributed by atoms with van der Waals surface area (Å²) >= 11 is 1.36. The van der Waals surface area contributed by atoms with Crippen LogP contribution in [0.15, 0.2) is 52.5 Å². The number of alkyl halides is 6. The van der Waals surface area contributed by atoms with Crippen molar-refractivity contribution in [2.75, 3.05) is 20.1 Å². The summed E-state index contributed by atoms with van der Waals surface area (Å²) in [5, 5.41) is 5.53. The Labute approximate surface area is 235 Å². The number of benzene rings is 2. The molecule has 1 amide bonds. The fourth-order valence-corrected chi connectivity index (χ4v) is 6.98. The number of carbonyl (C=O) groups is 1. The number of rotatable bonds is 3. The van der Waals surface area contributed by atoms with Gasteiger partial charge in [-0.3, -0.25) is 9.48 Å². The summed E-state index contributed by atoms with van der Waals surface area (Å²) in [7, 11) is 2.11. The lowest BCUT2D eigenvalue weighted by Crippen LogP contribution is -2.60. The molecule has 2 fully saturated rings. The van der Waals surface area contributed by atoms with Crippen LogP contribution in [-0.2, 0) is 23.7 Å². The first-order valence-corrected chi connectivity index (χ1v) is 13.9. The number of amidine groups is 1. The number of thioether (sulfide) groups is 1. The molecule has 6 rings (SSSR count). The zero-order valence-electron chi connectivity index (χ0n) is 21.8. The van der Waals surface area contributed by atoms with Gasteiger partial charge in [0.15, 0.2) is 5.17 Å². The smallest absolute Gasteiger partial charge is 0.342 e. The minimum Gasteiger partial charge on any atom is -0.342 e. The highest BCUT2D eigenvalue weighted by atomic mass is 32.2. The minimum absolute atomic E-state index is 0.132. The Bertz CT molecular complexity index is 1560. The number of amides is 1. The van der Waals surface area contributed by atoms with E-state index >= 15 is 0 Å². The van der Waals surface area contributed by atoms with Crippen LogP contribution in [-0.4, -0.2) is 62.9 Å². The molecule has 3 aromatic rings. The van der Waals surface area contributed by atoms with Crippen LogP contribution < -0.4 is 0 Å². The van der Waals surface area contributed by atoms with E-state index in [0.717, 1.165) is 37.2 Å². The first-order chi connectivity index (χ1) is 19.4. The largest absolute Gasteiger partial charge is 0.416 e. The Hall–Kier alpha value is -3.32. The molecule has 3 aliphatic rings. The van der Waals surface area contributed by atoms with Crippen molar-refractivity contribution >= 4 is 39.8 Å². The molecular weight excluding hydrogens is 568 g/mol. The van der Waals surface area contributed by atoms with Crippen LogP contribution in [0.1, 0.15) is 41.5 Å². The van der Waals surface area contributed by atoms with Crippen molar-refractivity contribution in [3.8, 4) is 0 Å². The zero-order chi connectivity index (χ0) is 29.1. The van der Waals surface area contributed by atoms with Crippen LogP contribution in [0, 0.1) is 0 Å². The van der Waals surface area contributed by atoms with Gasteiger partial charge in [-0.05, 0) is 79.5 Å². The fraction of sp³-hybridized carbons (Fsp3) is 0.393. The summed E-state index contributed by atoms with van der Waals surface area (Å²) in [5.74, 6) is -0.306. The van der Waals surface area contributed by atoms with E-state index in [1.54, 1.807) is 24.3 Å². The maximum Gasteiger partial charge on any atom is 0.416 e. The number of carbonyl (C=O) groups excluding carboxylic acids is 1. The highest BCUT2D eigenvalue weighted by Gasteiger charge is 2.41. The molecule has 2 saturated heterocycles. The second-order valence-electron chi connectivity index (χ2n) is 10.7. The van der Waals surface area contributed by atoms with Gasteiger partial charge in [0.05, 0.1) is 34.3 Å². The van der Waals surface area contributed by atoms with Crippen molar-refractivity contribution in [3.63, 3.8) is 0 Å². The van der Waals surface area contributed by atoms with Crippen LogP contribution >= 0.6 is 11.8 Å². The number of hydrogen-bond acceptors (Lipinski definition) is 5. The maximum absolute atomic E-state index is 13.6. The van der Waals surface area contributed by atoms with E-state index in [1.165, 1.54) is 29.1 Å². The number of aromatic nitrogens is 2. The quantitative estimate of drug-likeness (QED) is 0.265. The predicted octanol–water partition coefficient (Wildman–Crippen LogP) is 6.26. The second-order valence-corrected chi connectivity index (χ2v) is 11.7. The molecule has 6 nitrogen and oxygen atoms in total. The number of piperazine rings is 1. The molecule has 0 spiro atoms. The van der Waals surface area contributed by atoms with Crippen LogP contribution in [0.25, 0.3) is 17.0 Å². The zero-order valence-corrected chi connectivity index (χ0v) is 22.7. The van der Waals surface area contributed by atoms with Crippen LogP contribution in [0.5, 0.6) is 0 Å². The topological polar surface area (TPSA) is 53.7 Å². The monoisotopic (exact) mass is 593 g/mol. The van der Waals surface area contributed by atoms with Crippen molar-refractivity contribution in [3.05, 3.63) is 69.8 Å². The lowest BCUT2D eigenvalue weighted by atomic mass is 9.92. The highest BCUT2D eigenvalue weighted by Crippen LogP contribution is 2.39. The van der Waals surface area contributed by atoms with E-state index < -0.39 is 23.5 Å². The Balaban J connectivity index is 1.23. The molecule has 4 heterocycles. The van der Waals surface area contributed by atoms with Gasteiger partial charge < -0.3 is 9.80 Å². The lowest BCUT2D eigenvalue weighted by molar-refractivity contribution is -0.143. The summed E-state index contributed by atoms with van der Waals surface area (Å²) in [6.07, 6.45) is -3.35. The van der Waals surface area contributed by atoms with E-state index in [9.17, 15) is 31.1 Å². The van der Waals surface area contributed by atoms with Gasteiger partial charge in [0, 0.05) is 30.6 Å². The third-order valence-corrected chi connectivity index (χ3v) is 8.76. The Morgan fingerprint density at radius 2 is 1.73 bits per heavy atom. The van der Waals surface area contributed by atoms with Crippen molar-refractivity contribution in [1.82, 2.24) is 19.6 Å². The molecule has 1 aromatic heterocycles. The number of hydrogen-bond donors (Lipinski definition) is 0. The maximum atomic E-state index is 13.6. The van der Waals surface area contributed by atoms with E-state index in [4.69, 9.17) is 0 Å². The highest BCUT2D eigenvalue weighted by molar-refractivity contribution is 8.18. The van der Waals surface area contributed by atoms with E-state index in [1.807, 2.05) is 0 Å². The molecule has 3 aliphatic heterocycles. The van der Waals surface area contributed by atoms with E-state index in [2.05, 4.69) is 26.9 Å². The summed E-state index contributed by atoms with van der Waals surface area (Å²) in [4.78, 5) is 22.3. The fourth-order valence-electron chi connectivity index (χ4n) is 5.93. The first kappa shape index (κ1) is 27.8.